The second-order valence-electron chi connectivity index (χ2n) is 8.79. The zero-order chi connectivity index (χ0) is 22.4. The van der Waals surface area contributed by atoms with Crippen LogP contribution in [0.3, 0.4) is 0 Å². The largest absolute Gasteiger partial charge is 0.497 e. The Morgan fingerprint density at radius 3 is 2.29 bits per heavy atom. The van der Waals surface area contributed by atoms with E-state index in [1.165, 1.54) is 0 Å². The molecule has 31 heavy (non-hydrogen) atoms. The van der Waals surface area contributed by atoms with E-state index in [0.29, 0.717) is 17.8 Å². The van der Waals surface area contributed by atoms with Crippen LogP contribution in [0.2, 0.25) is 0 Å². The van der Waals surface area contributed by atoms with Gasteiger partial charge in [0.25, 0.3) is 5.91 Å². The van der Waals surface area contributed by atoms with Crippen molar-refractivity contribution in [2.45, 2.75) is 26.3 Å². The highest BCUT2D eigenvalue weighted by Crippen LogP contribution is 2.22. The monoisotopic (exact) mass is 424 g/mol. The lowest BCUT2D eigenvalue weighted by Gasteiger charge is -2.35. The van der Waals surface area contributed by atoms with Gasteiger partial charge in [-0.2, -0.15) is 0 Å². The minimum atomic E-state index is -0.291. The van der Waals surface area contributed by atoms with Gasteiger partial charge < -0.3 is 20.3 Å². The van der Waals surface area contributed by atoms with Gasteiger partial charge in [-0.25, -0.2) is 0 Å². The highest BCUT2D eigenvalue weighted by Gasteiger charge is 2.20. The molecule has 7 nitrogen and oxygen atoms in total. The number of methoxy groups -OCH3 is 1. The van der Waals surface area contributed by atoms with Crippen LogP contribution in [0, 0.1) is 0 Å². The van der Waals surface area contributed by atoms with E-state index in [1.807, 2.05) is 39.0 Å². The molecule has 0 unspecified atom stereocenters. The molecule has 1 saturated heterocycles. The zero-order valence-electron chi connectivity index (χ0n) is 18.8. The smallest absolute Gasteiger partial charge is 0.251 e. The normalized spacial score (nSPS) is 14.8. The lowest BCUT2D eigenvalue weighted by Crippen LogP contribution is -2.48. The molecule has 3 rings (SSSR count). The molecule has 1 aliphatic heterocycles. The lowest BCUT2D eigenvalue weighted by atomic mass is 10.1. The van der Waals surface area contributed by atoms with Gasteiger partial charge in [-0.1, -0.05) is 6.07 Å². The zero-order valence-corrected chi connectivity index (χ0v) is 18.8. The molecule has 0 spiro atoms. The SMILES string of the molecule is COc1cccc(N2CCN(CC(=O)Nc3ccc(C(=O)NC(C)(C)C)cc3)CC2)c1. The quantitative estimate of drug-likeness (QED) is 0.746. The lowest BCUT2D eigenvalue weighted by molar-refractivity contribution is -0.117. The van der Waals surface area contributed by atoms with Crippen molar-refractivity contribution in [3.8, 4) is 5.75 Å². The van der Waals surface area contributed by atoms with Crippen molar-refractivity contribution in [2.75, 3.05) is 50.1 Å². The number of carbonyl (C=O) groups excluding carboxylic acids is 2. The first-order valence-electron chi connectivity index (χ1n) is 10.6. The molecular weight excluding hydrogens is 392 g/mol. The first-order chi connectivity index (χ1) is 14.7. The van der Waals surface area contributed by atoms with Crippen LogP contribution in [0.25, 0.3) is 0 Å². The molecule has 1 fully saturated rings. The maximum absolute atomic E-state index is 12.5. The molecule has 2 aromatic rings. The van der Waals surface area contributed by atoms with Crippen molar-refractivity contribution in [1.82, 2.24) is 10.2 Å². The minimum Gasteiger partial charge on any atom is -0.497 e. The molecule has 1 heterocycles. The summed E-state index contributed by atoms with van der Waals surface area (Å²) in [5.74, 6) is 0.669. The van der Waals surface area contributed by atoms with Crippen LogP contribution >= 0.6 is 0 Å². The van der Waals surface area contributed by atoms with Crippen LogP contribution in [0.4, 0.5) is 11.4 Å². The first-order valence-corrected chi connectivity index (χ1v) is 10.6. The number of nitrogens with one attached hydrogen (secondary N) is 2. The van der Waals surface area contributed by atoms with Crippen LogP contribution in [-0.2, 0) is 4.79 Å². The number of anilines is 2. The Bertz CT molecular complexity index is 898. The maximum Gasteiger partial charge on any atom is 0.251 e. The Morgan fingerprint density at radius 2 is 1.68 bits per heavy atom. The molecule has 0 atom stereocenters. The molecule has 166 valence electrons. The third-order valence-electron chi connectivity index (χ3n) is 5.08. The molecule has 2 N–H and O–H groups in total. The summed E-state index contributed by atoms with van der Waals surface area (Å²) in [6.07, 6.45) is 0. The van der Waals surface area contributed by atoms with Crippen molar-refractivity contribution in [3.05, 3.63) is 54.1 Å². The molecule has 2 amide bonds. The van der Waals surface area contributed by atoms with E-state index < -0.39 is 0 Å². The van der Waals surface area contributed by atoms with Crippen LogP contribution in [0.5, 0.6) is 5.75 Å². The number of hydrogen-bond acceptors (Lipinski definition) is 5. The van der Waals surface area contributed by atoms with Crippen LogP contribution in [0.1, 0.15) is 31.1 Å². The number of amides is 2. The molecule has 0 aromatic heterocycles. The number of nitrogens with zero attached hydrogens (tertiary/aromatic N) is 2. The Balaban J connectivity index is 1.46. The van der Waals surface area contributed by atoms with Gasteiger partial charge in [0.05, 0.1) is 13.7 Å². The highest BCUT2D eigenvalue weighted by molar-refractivity contribution is 5.96. The summed E-state index contributed by atoms with van der Waals surface area (Å²) in [7, 11) is 1.67. The summed E-state index contributed by atoms with van der Waals surface area (Å²) in [5, 5.41) is 5.85. The number of benzene rings is 2. The van der Waals surface area contributed by atoms with E-state index >= 15 is 0 Å². The van der Waals surface area contributed by atoms with Crippen molar-refractivity contribution >= 4 is 23.2 Å². The number of ether oxygens (including phenoxy) is 1. The third kappa shape index (κ3) is 6.72. The Morgan fingerprint density at radius 1 is 1.00 bits per heavy atom. The molecule has 0 saturated carbocycles. The van der Waals surface area contributed by atoms with Crippen molar-refractivity contribution in [3.63, 3.8) is 0 Å². The Hall–Kier alpha value is -3.06. The molecule has 0 bridgehead atoms. The summed E-state index contributed by atoms with van der Waals surface area (Å²) in [6, 6.07) is 15.0. The summed E-state index contributed by atoms with van der Waals surface area (Å²) in [6.45, 7) is 9.52. The number of carbonyl (C=O) groups is 2. The average Bonchev–Trinajstić information content (AvgIpc) is 2.73. The van der Waals surface area contributed by atoms with Gasteiger partial charge in [-0.15, -0.1) is 0 Å². The Labute approximate surface area is 184 Å². The predicted octanol–water partition coefficient (Wildman–Crippen LogP) is 2.98. The highest BCUT2D eigenvalue weighted by atomic mass is 16.5. The summed E-state index contributed by atoms with van der Waals surface area (Å²) >= 11 is 0. The van der Waals surface area contributed by atoms with Crippen LogP contribution in [-0.4, -0.2) is 62.1 Å². The van der Waals surface area contributed by atoms with Gasteiger partial charge in [-0.05, 0) is 57.2 Å². The third-order valence-corrected chi connectivity index (χ3v) is 5.08. The van der Waals surface area contributed by atoms with E-state index in [1.54, 1.807) is 31.4 Å². The molecule has 2 aromatic carbocycles. The van der Waals surface area contributed by atoms with Gasteiger partial charge >= 0.3 is 0 Å². The molecule has 1 aliphatic rings. The Kier molecular flexibility index (Phi) is 7.17. The van der Waals surface area contributed by atoms with E-state index in [-0.39, 0.29) is 17.4 Å². The fraction of sp³-hybridized carbons (Fsp3) is 0.417. The average molecular weight is 425 g/mol. The number of piperazine rings is 1. The van der Waals surface area contributed by atoms with Gasteiger partial charge in [0.2, 0.25) is 5.91 Å². The van der Waals surface area contributed by atoms with Crippen molar-refractivity contribution in [2.24, 2.45) is 0 Å². The van der Waals surface area contributed by atoms with E-state index in [2.05, 4.69) is 26.5 Å². The van der Waals surface area contributed by atoms with Gasteiger partial charge in [0.1, 0.15) is 5.75 Å². The maximum atomic E-state index is 12.5. The van der Waals surface area contributed by atoms with Crippen molar-refractivity contribution in [1.29, 1.82) is 0 Å². The predicted molar refractivity (Wildman–Crippen MR) is 124 cm³/mol. The van der Waals surface area contributed by atoms with Gasteiger partial charge in [-0.3, -0.25) is 14.5 Å². The fourth-order valence-electron chi connectivity index (χ4n) is 3.49. The number of rotatable bonds is 6. The van der Waals surface area contributed by atoms with Gasteiger partial charge in [0, 0.05) is 54.7 Å². The van der Waals surface area contributed by atoms with Crippen molar-refractivity contribution < 1.29 is 14.3 Å². The molecule has 0 radical (unpaired) electrons. The van der Waals surface area contributed by atoms with E-state index in [4.69, 9.17) is 4.74 Å². The molecule has 7 heteroatoms. The van der Waals surface area contributed by atoms with E-state index in [9.17, 15) is 9.59 Å². The summed E-state index contributed by atoms with van der Waals surface area (Å²) in [5.41, 5.74) is 2.11. The standard InChI is InChI=1S/C24H32N4O3/c1-24(2,3)26-23(30)18-8-10-19(11-9-18)25-22(29)17-27-12-14-28(15-13-27)20-6-5-7-21(16-20)31-4/h5-11,16H,12-15,17H2,1-4H3,(H,25,29)(H,26,30). The second-order valence-corrected chi connectivity index (χ2v) is 8.79. The fourth-order valence-corrected chi connectivity index (χ4v) is 3.49. The molecule has 0 aliphatic carbocycles. The minimum absolute atomic E-state index is 0.0540. The topological polar surface area (TPSA) is 73.9 Å². The first kappa shape index (κ1) is 22.6. The summed E-state index contributed by atoms with van der Waals surface area (Å²) in [4.78, 5) is 29.1. The molecular formula is C24H32N4O3. The van der Waals surface area contributed by atoms with E-state index in [0.717, 1.165) is 37.6 Å². The van der Waals surface area contributed by atoms with Gasteiger partial charge in [0.15, 0.2) is 0 Å². The van der Waals surface area contributed by atoms with Crippen LogP contribution < -0.4 is 20.3 Å². The van der Waals surface area contributed by atoms with Crippen LogP contribution in [0.15, 0.2) is 48.5 Å². The summed E-state index contributed by atoms with van der Waals surface area (Å²) < 4.78 is 5.31. The number of hydrogen-bond donors (Lipinski definition) is 2. The second kappa shape index (κ2) is 9.83.